The number of hydrogen-bond donors (Lipinski definition) is 0. The molecular weight excluding hydrogens is 418 g/mol. The third-order valence-electron chi connectivity index (χ3n) is 7.19. The molecule has 3 aliphatic rings. The van der Waals surface area contributed by atoms with E-state index in [1.807, 2.05) is 24.3 Å². The Balaban J connectivity index is 1.95. The van der Waals surface area contributed by atoms with E-state index in [9.17, 15) is 9.59 Å². The molecule has 172 valence electrons. The van der Waals surface area contributed by atoms with Crippen LogP contribution >= 0.6 is 11.6 Å². The molecule has 0 fully saturated rings. The summed E-state index contributed by atoms with van der Waals surface area (Å²) in [7, 11) is 0. The highest BCUT2D eigenvalue weighted by Gasteiger charge is 2.48. The van der Waals surface area contributed by atoms with Gasteiger partial charge in [0.05, 0.1) is 0 Å². The molecule has 0 N–H and O–H groups in total. The van der Waals surface area contributed by atoms with Gasteiger partial charge in [-0.25, -0.2) is 0 Å². The van der Waals surface area contributed by atoms with Crippen molar-refractivity contribution in [1.82, 2.24) is 4.90 Å². The van der Waals surface area contributed by atoms with Crippen molar-refractivity contribution in [2.45, 2.75) is 85.5 Å². The SMILES string of the molecule is CCCCCN1C2=C(C(=O)CC(C)(C)C2)C(c2cccc(Cl)c2)C2=C1CC(C)(C)CC2=O. The van der Waals surface area contributed by atoms with Gasteiger partial charge in [0, 0.05) is 52.9 Å². The lowest BCUT2D eigenvalue weighted by Gasteiger charge is -2.49. The van der Waals surface area contributed by atoms with E-state index in [0.29, 0.717) is 17.9 Å². The maximum Gasteiger partial charge on any atom is 0.162 e. The van der Waals surface area contributed by atoms with Crippen LogP contribution in [0.15, 0.2) is 46.8 Å². The van der Waals surface area contributed by atoms with Gasteiger partial charge < -0.3 is 4.90 Å². The van der Waals surface area contributed by atoms with Crippen LogP contribution < -0.4 is 0 Å². The molecule has 4 rings (SSSR count). The van der Waals surface area contributed by atoms with Crippen molar-refractivity contribution in [3.63, 3.8) is 0 Å². The molecule has 4 heteroatoms. The van der Waals surface area contributed by atoms with Crippen LogP contribution in [0, 0.1) is 10.8 Å². The number of carbonyl (C=O) groups is 2. The number of nitrogens with zero attached hydrogens (tertiary/aromatic N) is 1. The molecule has 0 unspecified atom stereocenters. The van der Waals surface area contributed by atoms with E-state index in [2.05, 4.69) is 39.5 Å². The second kappa shape index (κ2) is 8.48. The minimum absolute atomic E-state index is 0.0793. The quantitative estimate of drug-likeness (QED) is 0.441. The predicted octanol–water partition coefficient (Wildman–Crippen LogP) is 7.22. The monoisotopic (exact) mass is 453 g/mol. The first kappa shape index (κ1) is 23.3. The van der Waals surface area contributed by atoms with Gasteiger partial charge in [-0.3, -0.25) is 9.59 Å². The summed E-state index contributed by atoms with van der Waals surface area (Å²) in [6.45, 7) is 11.8. The van der Waals surface area contributed by atoms with Crippen LogP contribution in [0.3, 0.4) is 0 Å². The molecule has 0 radical (unpaired) electrons. The summed E-state index contributed by atoms with van der Waals surface area (Å²) in [5.41, 5.74) is 4.79. The van der Waals surface area contributed by atoms with Gasteiger partial charge in [-0.15, -0.1) is 0 Å². The zero-order valence-corrected chi connectivity index (χ0v) is 20.9. The molecule has 2 aliphatic carbocycles. The van der Waals surface area contributed by atoms with Gasteiger partial charge in [-0.05, 0) is 47.8 Å². The van der Waals surface area contributed by atoms with Crippen molar-refractivity contribution >= 4 is 23.2 Å². The molecule has 1 aromatic rings. The summed E-state index contributed by atoms with van der Waals surface area (Å²) in [6, 6.07) is 7.75. The van der Waals surface area contributed by atoms with Gasteiger partial charge in [-0.2, -0.15) is 0 Å². The van der Waals surface area contributed by atoms with Crippen LogP contribution in [0.5, 0.6) is 0 Å². The molecule has 0 spiro atoms. The number of unbranched alkanes of at least 4 members (excludes halogenated alkanes) is 2. The molecule has 1 heterocycles. The van der Waals surface area contributed by atoms with Crippen LogP contribution in [0.2, 0.25) is 5.02 Å². The minimum atomic E-state index is -0.298. The number of carbonyl (C=O) groups excluding carboxylic acids is 2. The van der Waals surface area contributed by atoms with Crippen LogP contribution in [0.4, 0.5) is 0 Å². The Hall–Kier alpha value is -1.87. The number of ketones is 2. The molecule has 0 saturated carbocycles. The molecule has 0 bridgehead atoms. The Morgan fingerprint density at radius 3 is 1.97 bits per heavy atom. The lowest BCUT2D eigenvalue weighted by atomic mass is 9.63. The summed E-state index contributed by atoms with van der Waals surface area (Å²) in [5, 5.41) is 0.643. The highest BCUT2D eigenvalue weighted by atomic mass is 35.5. The highest BCUT2D eigenvalue weighted by molar-refractivity contribution is 6.30. The Labute approximate surface area is 197 Å². The smallest absolute Gasteiger partial charge is 0.162 e. The van der Waals surface area contributed by atoms with Crippen LogP contribution in [-0.4, -0.2) is 23.0 Å². The largest absolute Gasteiger partial charge is 0.348 e. The van der Waals surface area contributed by atoms with Gasteiger partial charge in [0.2, 0.25) is 0 Å². The number of Topliss-reactive ketones (excluding diaryl/α,β-unsaturated/α-hetero) is 2. The van der Waals surface area contributed by atoms with E-state index in [4.69, 9.17) is 11.6 Å². The maximum absolute atomic E-state index is 13.6. The lowest BCUT2D eigenvalue weighted by molar-refractivity contribution is -0.119. The van der Waals surface area contributed by atoms with E-state index in [-0.39, 0.29) is 28.3 Å². The van der Waals surface area contributed by atoms with E-state index >= 15 is 0 Å². The number of halogens is 1. The van der Waals surface area contributed by atoms with Gasteiger partial charge in [0.25, 0.3) is 0 Å². The molecule has 0 atom stereocenters. The van der Waals surface area contributed by atoms with Crippen molar-refractivity contribution in [2.75, 3.05) is 6.54 Å². The van der Waals surface area contributed by atoms with Gasteiger partial charge in [0.15, 0.2) is 11.6 Å². The van der Waals surface area contributed by atoms with E-state index in [1.54, 1.807) is 0 Å². The first-order valence-electron chi connectivity index (χ1n) is 12.1. The molecular formula is C28H36ClNO2. The van der Waals surface area contributed by atoms with Gasteiger partial charge in [0.1, 0.15) is 0 Å². The highest BCUT2D eigenvalue weighted by Crippen LogP contribution is 2.54. The summed E-state index contributed by atoms with van der Waals surface area (Å²) in [6.07, 6.45) is 6.13. The third-order valence-corrected chi connectivity index (χ3v) is 7.42. The summed E-state index contributed by atoms with van der Waals surface area (Å²) in [5.74, 6) is 0.0742. The Kier molecular flexibility index (Phi) is 6.17. The van der Waals surface area contributed by atoms with Crippen LogP contribution in [-0.2, 0) is 9.59 Å². The Bertz CT molecular complexity index is 960. The van der Waals surface area contributed by atoms with Crippen molar-refractivity contribution < 1.29 is 9.59 Å². The van der Waals surface area contributed by atoms with E-state index < -0.39 is 0 Å². The number of allylic oxidation sites excluding steroid dienone is 4. The average molecular weight is 454 g/mol. The number of hydrogen-bond acceptors (Lipinski definition) is 3. The fourth-order valence-corrected chi connectivity index (χ4v) is 6.06. The van der Waals surface area contributed by atoms with Crippen LogP contribution in [0.25, 0.3) is 0 Å². The van der Waals surface area contributed by atoms with Crippen molar-refractivity contribution in [3.8, 4) is 0 Å². The van der Waals surface area contributed by atoms with Crippen LogP contribution in [0.1, 0.15) is 91.0 Å². The summed E-state index contributed by atoms with van der Waals surface area (Å²) in [4.78, 5) is 29.7. The zero-order chi connectivity index (χ0) is 23.3. The molecule has 3 nitrogen and oxygen atoms in total. The number of benzene rings is 1. The molecule has 1 aliphatic heterocycles. The number of rotatable bonds is 5. The fourth-order valence-electron chi connectivity index (χ4n) is 5.86. The van der Waals surface area contributed by atoms with Crippen molar-refractivity contribution in [3.05, 3.63) is 57.4 Å². The fraction of sp³-hybridized carbons (Fsp3) is 0.571. The lowest BCUT2D eigenvalue weighted by Crippen LogP contribution is -2.44. The van der Waals surface area contributed by atoms with Crippen molar-refractivity contribution in [1.29, 1.82) is 0 Å². The standard InChI is InChI=1S/C28H36ClNO2/c1-6-7-8-12-30-20-14-27(2,3)16-22(31)25(20)24(18-10-9-11-19(29)13-18)26-21(30)15-28(4,5)17-23(26)32/h9-11,13,24H,6-8,12,14-17H2,1-5H3. The van der Waals surface area contributed by atoms with E-state index in [0.717, 1.165) is 66.8 Å². The minimum Gasteiger partial charge on any atom is -0.348 e. The summed E-state index contributed by atoms with van der Waals surface area (Å²) >= 11 is 6.38. The molecule has 0 saturated heterocycles. The molecule has 0 amide bonds. The molecule has 0 aromatic heterocycles. The predicted molar refractivity (Wildman–Crippen MR) is 131 cm³/mol. The normalized spacial score (nSPS) is 22.9. The van der Waals surface area contributed by atoms with Gasteiger partial charge in [-0.1, -0.05) is 71.2 Å². The maximum atomic E-state index is 13.6. The van der Waals surface area contributed by atoms with E-state index in [1.165, 1.54) is 0 Å². The topological polar surface area (TPSA) is 37.4 Å². The average Bonchev–Trinajstić information content (AvgIpc) is 2.66. The Morgan fingerprint density at radius 1 is 0.906 bits per heavy atom. The third kappa shape index (κ3) is 4.33. The Morgan fingerprint density at radius 2 is 1.47 bits per heavy atom. The second-order valence-electron chi connectivity index (χ2n) is 11.4. The first-order valence-corrected chi connectivity index (χ1v) is 12.5. The summed E-state index contributed by atoms with van der Waals surface area (Å²) < 4.78 is 0. The van der Waals surface area contributed by atoms with Gasteiger partial charge >= 0.3 is 0 Å². The molecule has 32 heavy (non-hydrogen) atoms. The zero-order valence-electron chi connectivity index (χ0n) is 20.2. The second-order valence-corrected chi connectivity index (χ2v) is 11.9. The molecule has 1 aromatic carbocycles. The first-order chi connectivity index (χ1) is 15.0. The van der Waals surface area contributed by atoms with Crippen molar-refractivity contribution in [2.24, 2.45) is 10.8 Å².